The van der Waals surface area contributed by atoms with Crippen LogP contribution in [0.4, 0.5) is 10.1 Å². The summed E-state index contributed by atoms with van der Waals surface area (Å²) in [5.74, 6) is -0.305. The Kier molecular flexibility index (Phi) is 4.82. The van der Waals surface area contributed by atoms with E-state index in [9.17, 15) is 9.41 Å². The number of anilines is 1. The second-order valence-electron chi connectivity index (χ2n) is 4.99. The summed E-state index contributed by atoms with van der Waals surface area (Å²) in [5.41, 5.74) is 2.70. The summed E-state index contributed by atoms with van der Waals surface area (Å²) in [6.07, 6.45) is 0. The molecule has 0 unspecified atom stereocenters. The number of ether oxygens (including phenoxy) is 1. The maximum absolute atomic E-state index is 12.8. The number of hydrogen-bond donors (Lipinski definition) is 2. The molecule has 3 rings (SSSR count). The van der Waals surface area contributed by atoms with Gasteiger partial charge in [0.25, 0.3) is 5.17 Å². The standard InChI is InChI=1S/C15H12BClFNO3S/c17-14-12(6-3-10-8-22-16(20)13(10)14)19-15(23)21-7-9-1-4-11(18)5-2-9/h1-6,20H,7-8H2,(H,19,23). The predicted octanol–water partition coefficient (Wildman–Crippen LogP) is 2.61. The van der Waals surface area contributed by atoms with Gasteiger partial charge in [0.05, 0.1) is 17.3 Å². The van der Waals surface area contributed by atoms with Crippen molar-refractivity contribution in [3.63, 3.8) is 0 Å². The molecule has 2 N–H and O–H groups in total. The average Bonchev–Trinajstić information content (AvgIpc) is 2.91. The van der Waals surface area contributed by atoms with Crippen LogP contribution >= 0.6 is 23.8 Å². The Bertz CT molecular complexity index is 744. The molecule has 0 bridgehead atoms. The highest BCUT2D eigenvalue weighted by Gasteiger charge is 2.31. The van der Waals surface area contributed by atoms with Crippen LogP contribution in [0.5, 0.6) is 0 Å². The largest absolute Gasteiger partial charge is 0.493 e. The van der Waals surface area contributed by atoms with Crippen molar-refractivity contribution >= 4 is 47.3 Å². The molecule has 8 heteroatoms. The van der Waals surface area contributed by atoms with Crippen molar-refractivity contribution in [3.8, 4) is 0 Å². The number of hydrogen-bond acceptors (Lipinski definition) is 4. The van der Waals surface area contributed by atoms with Crippen molar-refractivity contribution in [2.75, 3.05) is 5.32 Å². The van der Waals surface area contributed by atoms with E-state index < -0.39 is 7.12 Å². The summed E-state index contributed by atoms with van der Waals surface area (Å²) in [4.78, 5) is 0. The van der Waals surface area contributed by atoms with Crippen LogP contribution in [-0.2, 0) is 22.6 Å². The van der Waals surface area contributed by atoms with E-state index in [2.05, 4.69) is 5.32 Å². The van der Waals surface area contributed by atoms with E-state index in [1.54, 1.807) is 18.2 Å². The zero-order valence-corrected chi connectivity index (χ0v) is 13.5. The van der Waals surface area contributed by atoms with E-state index in [1.807, 2.05) is 6.07 Å². The molecule has 2 aromatic rings. The first kappa shape index (κ1) is 16.2. The third-order valence-electron chi connectivity index (χ3n) is 3.43. The lowest BCUT2D eigenvalue weighted by atomic mass is 9.79. The normalized spacial score (nSPS) is 12.9. The van der Waals surface area contributed by atoms with Crippen LogP contribution in [0.1, 0.15) is 11.1 Å². The highest BCUT2D eigenvalue weighted by molar-refractivity contribution is 7.80. The first-order valence-corrected chi connectivity index (χ1v) is 7.62. The van der Waals surface area contributed by atoms with Crippen LogP contribution < -0.4 is 10.8 Å². The van der Waals surface area contributed by atoms with E-state index in [1.165, 1.54) is 12.1 Å². The topological polar surface area (TPSA) is 50.7 Å². The predicted molar refractivity (Wildman–Crippen MR) is 91.3 cm³/mol. The Hall–Kier alpha value is -1.67. The van der Waals surface area contributed by atoms with Gasteiger partial charge in [-0.05, 0) is 41.5 Å². The summed E-state index contributed by atoms with van der Waals surface area (Å²) in [6, 6.07) is 9.50. The minimum Gasteiger partial charge on any atom is -0.466 e. The second-order valence-corrected chi connectivity index (χ2v) is 5.74. The molecule has 0 atom stereocenters. The number of thiocarbonyl (C=S) groups is 1. The molecule has 1 heterocycles. The molecule has 2 aromatic carbocycles. The number of fused-ring (bicyclic) bond motifs is 1. The monoisotopic (exact) mass is 351 g/mol. The third kappa shape index (κ3) is 3.64. The van der Waals surface area contributed by atoms with Gasteiger partial charge in [0, 0.05) is 5.46 Å². The van der Waals surface area contributed by atoms with E-state index in [0.717, 1.165) is 11.1 Å². The van der Waals surface area contributed by atoms with Crippen molar-refractivity contribution in [1.82, 2.24) is 0 Å². The van der Waals surface area contributed by atoms with Gasteiger partial charge in [0.1, 0.15) is 12.4 Å². The molecule has 0 amide bonds. The van der Waals surface area contributed by atoms with Crippen LogP contribution in [-0.4, -0.2) is 17.3 Å². The maximum Gasteiger partial charge on any atom is 0.493 e. The molecular weight excluding hydrogens is 339 g/mol. The minimum absolute atomic E-state index is 0.129. The fraction of sp³-hybridized carbons (Fsp3) is 0.133. The van der Waals surface area contributed by atoms with Crippen LogP contribution in [0.3, 0.4) is 0 Å². The van der Waals surface area contributed by atoms with E-state index in [0.29, 0.717) is 22.8 Å². The van der Waals surface area contributed by atoms with Gasteiger partial charge >= 0.3 is 7.12 Å². The Morgan fingerprint density at radius 1 is 1.35 bits per heavy atom. The van der Waals surface area contributed by atoms with E-state index in [4.69, 9.17) is 33.2 Å². The summed E-state index contributed by atoms with van der Waals surface area (Å²) in [7, 11) is -1.03. The summed E-state index contributed by atoms with van der Waals surface area (Å²) in [5, 5.41) is 13.1. The summed E-state index contributed by atoms with van der Waals surface area (Å²) in [6.45, 7) is 0.530. The number of rotatable bonds is 3. The van der Waals surface area contributed by atoms with Gasteiger partial charge in [-0.1, -0.05) is 29.8 Å². The second kappa shape index (κ2) is 6.84. The van der Waals surface area contributed by atoms with Gasteiger partial charge in [-0.25, -0.2) is 4.39 Å². The molecule has 1 aliphatic rings. The lowest BCUT2D eigenvalue weighted by Gasteiger charge is -2.13. The molecule has 4 nitrogen and oxygen atoms in total. The fourth-order valence-corrected chi connectivity index (χ4v) is 2.74. The Morgan fingerprint density at radius 2 is 2.09 bits per heavy atom. The van der Waals surface area contributed by atoms with Crippen molar-refractivity contribution < 1.29 is 18.8 Å². The van der Waals surface area contributed by atoms with Crippen LogP contribution in [0.2, 0.25) is 5.02 Å². The van der Waals surface area contributed by atoms with Crippen molar-refractivity contribution in [2.24, 2.45) is 0 Å². The molecule has 1 aliphatic heterocycles. The molecule has 0 aromatic heterocycles. The lowest BCUT2D eigenvalue weighted by molar-refractivity contribution is 0.275. The Morgan fingerprint density at radius 3 is 2.83 bits per heavy atom. The Labute approximate surface area is 143 Å². The maximum atomic E-state index is 12.8. The van der Waals surface area contributed by atoms with Gasteiger partial charge in [-0.3, -0.25) is 0 Å². The third-order valence-corrected chi connectivity index (χ3v) is 4.06. The lowest BCUT2D eigenvalue weighted by Crippen LogP contribution is -2.30. The van der Waals surface area contributed by atoms with Gasteiger partial charge < -0.3 is 19.7 Å². The zero-order valence-electron chi connectivity index (χ0n) is 11.9. The van der Waals surface area contributed by atoms with Crippen LogP contribution in [0.25, 0.3) is 0 Å². The highest BCUT2D eigenvalue weighted by Crippen LogP contribution is 2.25. The molecule has 23 heavy (non-hydrogen) atoms. The van der Waals surface area contributed by atoms with Crippen LogP contribution in [0.15, 0.2) is 36.4 Å². The minimum atomic E-state index is -1.03. The first-order chi connectivity index (χ1) is 11.0. The van der Waals surface area contributed by atoms with Crippen LogP contribution in [0, 0.1) is 5.82 Å². The number of halogens is 2. The van der Waals surface area contributed by atoms with Crippen molar-refractivity contribution in [3.05, 3.63) is 58.4 Å². The SMILES string of the molecule is OB1OCc2ccc(NC(=S)OCc3ccc(F)cc3)c(Cl)c21. The van der Waals surface area contributed by atoms with Gasteiger partial charge in [0.2, 0.25) is 0 Å². The Balaban J connectivity index is 1.64. The van der Waals surface area contributed by atoms with Crippen molar-refractivity contribution in [1.29, 1.82) is 0 Å². The molecule has 0 saturated carbocycles. The van der Waals surface area contributed by atoms with Gasteiger partial charge in [0.15, 0.2) is 0 Å². The molecule has 118 valence electrons. The molecule has 0 fully saturated rings. The smallest absolute Gasteiger partial charge is 0.466 e. The van der Waals surface area contributed by atoms with Crippen molar-refractivity contribution in [2.45, 2.75) is 13.2 Å². The summed E-state index contributed by atoms with van der Waals surface area (Å²) < 4.78 is 23.4. The molecule has 0 aliphatic carbocycles. The zero-order chi connectivity index (χ0) is 16.4. The molecule has 0 radical (unpaired) electrons. The number of benzene rings is 2. The summed E-state index contributed by atoms with van der Waals surface area (Å²) >= 11 is 11.4. The van der Waals surface area contributed by atoms with E-state index >= 15 is 0 Å². The molecule has 0 spiro atoms. The fourth-order valence-electron chi connectivity index (χ4n) is 2.25. The van der Waals surface area contributed by atoms with Gasteiger partial charge in [-0.2, -0.15) is 0 Å². The quantitative estimate of drug-likeness (QED) is 0.658. The average molecular weight is 352 g/mol. The molecule has 0 saturated heterocycles. The van der Waals surface area contributed by atoms with E-state index in [-0.39, 0.29) is 17.6 Å². The number of nitrogens with one attached hydrogen (secondary N) is 1. The van der Waals surface area contributed by atoms with Gasteiger partial charge in [-0.15, -0.1) is 0 Å². The molecular formula is C15H12BClFNO3S. The highest BCUT2D eigenvalue weighted by atomic mass is 35.5. The first-order valence-electron chi connectivity index (χ1n) is 6.84.